The van der Waals surface area contributed by atoms with Crippen LogP contribution in [0.25, 0.3) is 0 Å². The number of benzene rings is 3. The fraction of sp³-hybridized carbons (Fsp3) is 0.355. The Kier molecular flexibility index (Phi) is 12.5. The molecule has 226 valence electrons. The molecule has 42 heavy (non-hydrogen) atoms. The molecular formula is C31H36Cl3N3O4S. The van der Waals surface area contributed by atoms with Gasteiger partial charge in [-0.15, -0.1) is 0 Å². The molecular weight excluding hydrogens is 617 g/mol. The predicted molar refractivity (Wildman–Crippen MR) is 172 cm³/mol. The van der Waals surface area contributed by atoms with Crippen LogP contribution in [0, 0.1) is 6.92 Å². The molecule has 0 saturated carbocycles. The smallest absolute Gasteiger partial charge is 0.243 e. The predicted octanol–water partition coefficient (Wildman–Crippen LogP) is 6.67. The molecule has 2 amide bonds. The van der Waals surface area contributed by atoms with Gasteiger partial charge < -0.3 is 10.2 Å². The molecule has 1 N–H and O–H groups in total. The van der Waals surface area contributed by atoms with Gasteiger partial charge in [0.2, 0.25) is 21.8 Å². The summed E-state index contributed by atoms with van der Waals surface area (Å²) in [7, 11) is -3.66. The standard InChI is InChI=1S/C31H36Cl3N3O4S/c1-4-17-35-31(39)29(19-23-10-6-5-7-11-23)36(21-24-15-16-25(32)20-27(24)34)30(38)14-9-18-37(42(3,40)41)28-13-8-12-26(33)22(28)2/h5-8,10-13,15-16,20,29H,4,9,14,17-19,21H2,1-3H3,(H,35,39)/t29-/m1/s1. The van der Waals surface area contributed by atoms with E-state index in [1.807, 2.05) is 37.3 Å². The normalized spacial score (nSPS) is 12.0. The molecule has 0 unspecified atom stereocenters. The maximum Gasteiger partial charge on any atom is 0.243 e. The Bertz CT molecular complexity index is 1490. The molecule has 0 heterocycles. The second-order valence-corrected chi connectivity index (χ2v) is 13.2. The third-order valence-corrected chi connectivity index (χ3v) is 9.01. The Morgan fingerprint density at radius 3 is 2.31 bits per heavy atom. The van der Waals surface area contributed by atoms with Gasteiger partial charge >= 0.3 is 0 Å². The van der Waals surface area contributed by atoms with E-state index in [9.17, 15) is 18.0 Å². The van der Waals surface area contributed by atoms with Crippen LogP contribution >= 0.6 is 34.8 Å². The number of sulfonamides is 1. The van der Waals surface area contributed by atoms with E-state index >= 15 is 0 Å². The number of carbonyl (C=O) groups excluding carboxylic acids is 2. The van der Waals surface area contributed by atoms with Crippen LogP contribution < -0.4 is 9.62 Å². The van der Waals surface area contributed by atoms with Gasteiger partial charge in [0.05, 0.1) is 11.9 Å². The van der Waals surface area contributed by atoms with Crippen molar-refractivity contribution < 1.29 is 18.0 Å². The first-order chi connectivity index (χ1) is 19.9. The molecule has 3 aromatic carbocycles. The minimum Gasteiger partial charge on any atom is -0.354 e. The van der Waals surface area contributed by atoms with Crippen molar-refractivity contribution in [3.8, 4) is 0 Å². The summed E-state index contributed by atoms with van der Waals surface area (Å²) in [5, 5.41) is 4.23. The van der Waals surface area contributed by atoms with Gasteiger partial charge in [-0.3, -0.25) is 13.9 Å². The van der Waals surface area contributed by atoms with E-state index in [1.54, 1.807) is 43.3 Å². The topological polar surface area (TPSA) is 86.8 Å². The van der Waals surface area contributed by atoms with Crippen molar-refractivity contribution in [2.45, 2.75) is 52.1 Å². The van der Waals surface area contributed by atoms with E-state index in [0.717, 1.165) is 18.2 Å². The number of anilines is 1. The van der Waals surface area contributed by atoms with Gasteiger partial charge in [-0.25, -0.2) is 8.42 Å². The van der Waals surface area contributed by atoms with Crippen molar-refractivity contribution in [1.82, 2.24) is 10.2 Å². The summed E-state index contributed by atoms with van der Waals surface area (Å²) in [6, 6.07) is 18.8. The van der Waals surface area contributed by atoms with Crippen LogP contribution in [0.4, 0.5) is 5.69 Å². The molecule has 0 aromatic heterocycles. The highest BCUT2D eigenvalue weighted by Crippen LogP contribution is 2.29. The Balaban J connectivity index is 1.92. The monoisotopic (exact) mass is 651 g/mol. The zero-order valence-electron chi connectivity index (χ0n) is 23.9. The molecule has 0 bridgehead atoms. The van der Waals surface area contributed by atoms with Gasteiger partial charge in [0, 0.05) is 47.5 Å². The Labute approximate surface area is 263 Å². The average molecular weight is 653 g/mol. The van der Waals surface area contributed by atoms with Crippen LogP contribution in [-0.2, 0) is 32.6 Å². The fourth-order valence-electron chi connectivity index (χ4n) is 4.60. The number of carbonyl (C=O) groups is 2. The molecule has 0 aliphatic heterocycles. The molecule has 3 aromatic rings. The second-order valence-electron chi connectivity index (χ2n) is 10.1. The van der Waals surface area contributed by atoms with Gasteiger partial charge in [-0.1, -0.05) is 84.2 Å². The van der Waals surface area contributed by atoms with E-state index in [1.165, 1.54) is 9.21 Å². The second kappa shape index (κ2) is 15.6. The first kappa shape index (κ1) is 33.7. The van der Waals surface area contributed by atoms with E-state index in [2.05, 4.69) is 5.32 Å². The lowest BCUT2D eigenvalue weighted by atomic mass is 10.0. The van der Waals surface area contributed by atoms with Gasteiger partial charge in [0.25, 0.3) is 0 Å². The minimum atomic E-state index is -3.66. The van der Waals surface area contributed by atoms with Crippen molar-refractivity contribution in [1.29, 1.82) is 0 Å². The van der Waals surface area contributed by atoms with E-state index in [0.29, 0.717) is 44.8 Å². The van der Waals surface area contributed by atoms with Gasteiger partial charge in [0.1, 0.15) is 6.04 Å². The molecule has 0 fully saturated rings. The molecule has 3 rings (SSSR count). The Morgan fingerprint density at radius 1 is 0.952 bits per heavy atom. The summed E-state index contributed by atoms with van der Waals surface area (Å²) in [6.45, 7) is 4.32. The summed E-state index contributed by atoms with van der Waals surface area (Å²) in [5.74, 6) is -0.573. The van der Waals surface area contributed by atoms with E-state index < -0.39 is 16.1 Å². The summed E-state index contributed by atoms with van der Waals surface area (Å²) < 4.78 is 26.7. The lowest BCUT2D eigenvalue weighted by Crippen LogP contribution is -2.50. The quantitative estimate of drug-likeness (QED) is 0.211. The zero-order chi connectivity index (χ0) is 30.9. The molecule has 0 spiro atoms. The van der Waals surface area contributed by atoms with Gasteiger partial charge in [-0.05, 0) is 60.7 Å². The number of nitrogens with zero attached hydrogens (tertiary/aromatic N) is 2. The lowest BCUT2D eigenvalue weighted by Gasteiger charge is -2.32. The van der Waals surface area contributed by atoms with Crippen molar-refractivity contribution >= 4 is 62.3 Å². The number of amides is 2. The van der Waals surface area contributed by atoms with Crippen LogP contribution in [-0.4, -0.2) is 50.5 Å². The number of nitrogens with one attached hydrogen (secondary N) is 1. The largest absolute Gasteiger partial charge is 0.354 e. The Morgan fingerprint density at radius 2 is 1.67 bits per heavy atom. The van der Waals surface area contributed by atoms with Crippen molar-refractivity contribution in [3.05, 3.63) is 98.5 Å². The molecule has 0 saturated heterocycles. The van der Waals surface area contributed by atoms with Crippen molar-refractivity contribution in [2.75, 3.05) is 23.7 Å². The van der Waals surface area contributed by atoms with Crippen LogP contribution in [0.15, 0.2) is 66.7 Å². The molecule has 1 atom stereocenters. The lowest BCUT2D eigenvalue weighted by molar-refractivity contribution is -0.141. The number of hydrogen-bond donors (Lipinski definition) is 1. The van der Waals surface area contributed by atoms with Crippen molar-refractivity contribution in [3.63, 3.8) is 0 Å². The summed E-state index contributed by atoms with van der Waals surface area (Å²) in [4.78, 5) is 28.9. The highest BCUT2D eigenvalue weighted by atomic mass is 35.5. The van der Waals surface area contributed by atoms with Crippen molar-refractivity contribution in [2.24, 2.45) is 0 Å². The first-order valence-corrected chi connectivity index (χ1v) is 16.7. The number of hydrogen-bond acceptors (Lipinski definition) is 4. The third kappa shape index (κ3) is 9.36. The van der Waals surface area contributed by atoms with Crippen LogP contribution in [0.5, 0.6) is 0 Å². The molecule has 0 aliphatic rings. The minimum absolute atomic E-state index is 0.00316. The molecule has 11 heteroatoms. The summed E-state index contributed by atoms with van der Waals surface area (Å²) >= 11 is 18.9. The van der Waals surface area contributed by atoms with Gasteiger partial charge in [-0.2, -0.15) is 0 Å². The Hall–Kier alpha value is -2.78. The SMILES string of the molecule is CCCNC(=O)[C@@H](Cc1ccccc1)N(Cc1ccc(Cl)cc1Cl)C(=O)CCCN(c1cccc(Cl)c1C)S(C)(=O)=O. The third-order valence-electron chi connectivity index (χ3n) is 6.84. The highest BCUT2D eigenvalue weighted by Gasteiger charge is 2.31. The highest BCUT2D eigenvalue weighted by molar-refractivity contribution is 7.92. The molecule has 7 nitrogen and oxygen atoms in total. The summed E-state index contributed by atoms with van der Waals surface area (Å²) in [6.07, 6.45) is 2.38. The maximum atomic E-state index is 13.9. The fourth-order valence-corrected chi connectivity index (χ4v) is 6.26. The molecule has 0 radical (unpaired) electrons. The zero-order valence-corrected chi connectivity index (χ0v) is 27.0. The molecule has 0 aliphatic carbocycles. The van der Waals surface area contributed by atoms with E-state index in [4.69, 9.17) is 34.8 Å². The first-order valence-electron chi connectivity index (χ1n) is 13.7. The van der Waals surface area contributed by atoms with Crippen LogP contribution in [0.2, 0.25) is 15.1 Å². The number of rotatable bonds is 14. The average Bonchev–Trinajstić information content (AvgIpc) is 2.94. The summed E-state index contributed by atoms with van der Waals surface area (Å²) in [5.41, 5.74) is 2.63. The van der Waals surface area contributed by atoms with Crippen LogP contribution in [0.3, 0.4) is 0 Å². The van der Waals surface area contributed by atoms with Gasteiger partial charge in [0.15, 0.2) is 0 Å². The van der Waals surface area contributed by atoms with Crippen LogP contribution in [0.1, 0.15) is 42.9 Å². The maximum absolute atomic E-state index is 13.9. The van der Waals surface area contributed by atoms with E-state index in [-0.39, 0.29) is 37.7 Å². The number of halogens is 3.